The van der Waals surface area contributed by atoms with E-state index in [9.17, 15) is 0 Å². The van der Waals surface area contributed by atoms with Crippen molar-refractivity contribution >= 4 is 29.9 Å². The van der Waals surface area contributed by atoms with Crippen molar-refractivity contribution in [1.29, 1.82) is 0 Å². The number of guanidine groups is 1. The third-order valence-electron chi connectivity index (χ3n) is 5.10. The number of halogens is 1. The first kappa shape index (κ1) is 26.9. The largest absolute Gasteiger partial charge is 0.381 e. The minimum Gasteiger partial charge on any atom is -0.381 e. The van der Waals surface area contributed by atoms with Crippen molar-refractivity contribution < 1.29 is 14.2 Å². The van der Waals surface area contributed by atoms with Crippen LogP contribution in [0.1, 0.15) is 40.0 Å². The average molecular weight is 527 g/mol. The number of hydrogen-bond donors (Lipinski definition) is 2. The summed E-state index contributed by atoms with van der Waals surface area (Å²) in [6.07, 6.45) is 3.43. The lowest BCUT2D eigenvalue weighted by Crippen LogP contribution is -2.46. The molecule has 2 saturated heterocycles. The van der Waals surface area contributed by atoms with Crippen LogP contribution >= 0.6 is 24.0 Å². The molecule has 2 heterocycles. The molecular formula is C21H43IN4O3. The first-order valence-corrected chi connectivity index (χ1v) is 11.2. The molecular weight excluding hydrogens is 483 g/mol. The molecule has 2 aliphatic heterocycles. The SMILES string of the molecule is CCNC(=NCC1CN(CC(C)C)CCO1)NCCCOCC1CCOCC1.I. The molecule has 2 rings (SSSR count). The van der Waals surface area contributed by atoms with Gasteiger partial charge in [0, 0.05) is 59.2 Å². The molecule has 8 heteroatoms. The Bertz CT molecular complexity index is 434. The smallest absolute Gasteiger partial charge is 0.191 e. The summed E-state index contributed by atoms with van der Waals surface area (Å²) in [6.45, 7) is 16.4. The number of rotatable bonds is 11. The summed E-state index contributed by atoms with van der Waals surface area (Å²) >= 11 is 0. The first-order chi connectivity index (χ1) is 13.7. The van der Waals surface area contributed by atoms with Crippen molar-refractivity contribution in [3.05, 3.63) is 0 Å². The maximum Gasteiger partial charge on any atom is 0.191 e. The van der Waals surface area contributed by atoms with Gasteiger partial charge in [-0.15, -0.1) is 24.0 Å². The van der Waals surface area contributed by atoms with Gasteiger partial charge in [0.25, 0.3) is 0 Å². The van der Waals surface area contributed by atoms with E-state index >= 15 is 0 Å². The van der Waals surface area contributed by atoms with Crippen LogP contribution in [0.2, 0.25) is 0 Å². The number of aliphatic imine (C=N–C) groups is 1. The summed E-state index contributed by atoms with van der Waals surface area (Å²) in [5, 5.41) is 6.74. The molecule has 2 N–H and O–H groups in total. The van der Waals surface area contributed by atoms with Crippen LogP contribution in [0.25, 0.3) is 0 Å². The van der Waals surface area contributed by atoms with Gasteiger partial charge in [-0.25, -0.2) is 0 Å². The fourth-order valence-electron chi connectivity index (χ4n) is 3.65. The van der Waals surface area contributed by atoms with Gasteiger partial charge in [-0.05, 0) is 38.0 Å². The van der Waals surface area contributed by atoms with E-state index in [4.69, 9.17) is 19.2 Å². The maximum absolute atomic E-state index is 5.90. The molecule has 0 saturated carbocycles. The van der Waals surface area contributed by atoms with Gasteiger partial charge in [0.1, 0.15) is 0 Å². The van der Waals surface area contributed by atoms with E-state index in [1.54, 1.807) is 0 Å². The van der Waals surface area contributed by atoms with Crippen LogP contribution in [-0.4, -0.2) is 89.3 Å². The summed E-state index contributed by atoms with van der Waals surface area (Å²) in [5.41, 5.74) is 0. The number of ether oxygens (including phenoxy) is 3. The van der Waals surface area contributed by atoms with E-state index in [1.165, 1.54) is 0 Å². The van der Waals surface area contributed by atoms with E-state index in [0.29, 0.717) is 18.4 Å². The van der Waals surface area contributed by atoms with Gasteiger partial charge < -0.3 is 24.8 Å². The zero-order valence-electron chi connectivity index (χ0n) is 18.7. The monoisotopic (exact) mass is 526 g/mol. The van der Waals surface area contributed by atoms with Crippen LogP contribution < -0.4 is 10.6 Å². The van der Waals surface area contributed by atoms with Crippen LogP contribution in [-0.2, 0) is 14.2 Å². The Hall–Kier alpha value is -0.160. The second-order valence-corrected chi connectivity index (χ2v) is 8.28. The van der Waals surface area contributed by atoms with Crippen LogP contribution in [0.5, 0.6) is 0 Å². The van der Waals surface area contributed by atoms with E-state index in [-0.39, 0.29) is 30.1 Å². The van der Waals surface area contributed by atoms with Crippen molar-refractivity contribution in [3.63, 3.8) is 0 Å². The van der Waals surface area contributed by atoms with Gasteiger partial charge in [0.15, 0.2) is 5.96 Å². The molecule has 0 aromatic rings. The average Bonchev–Trinajstić information content (AvgIpc) is 2.69. The summed E-state index contributed by atoms with van der Waals surface area (Å²) in [7, 11) is 0. The van der Waals surface area contributed by atoms with Crippen LogP contribution in [0.3, 0.4) is 0 Å². The Labute approximate surface area is 194 Å². The maximum atomic E-state index is 5.90. The fraction of sp³-hybridized carbons (Fsp3) is 0.952. The standard InChI is InChI=1S/C21H42N4O3.HI/c1-4-22-21(23-8-5-10-27-17-19-6-11-26-12-7-19)24-14-20-16-25(9-13-28-20)15-18(2)3;/h18-20H,4-17H2,1-3H3,(H2,22,23,24);1H. The Balaban J connectivity index is 0.00000420. The molecule has 2 fully saturated rings. The summed E-state index contributed by atoms with van der Waals surface area (Å²) in [6, 6.07) is 0. The Morgan fingerprint density at radius 3 is 2.72 bits per heavy atom. The van der Waals surface area contributed by atoms with Gasteiger partial charge in [0.05, 0.1) is 19.3 Å². The number of hydrogen-bond acceptors (Lipinski definition) is 5. The minimum absolute atomic E-state index is 0. The van der Waals surface area contributed by atoms with Crippen molar-refractivity contribution in [2.45, 2.75) is 46.1 Å². The predicted molar refractivity (Wildman–Crippen MR) is 129 cm³/mol. The Morgan fingerprint density at radius 1 is 1.21 bits per heavy atom. The van der Waals surface area contributed by atoms with Crippen molar-refractivity contribution in [2.75, 3.05) is 72.3 Å². The van der Waals surface area contributed by atoms with Gasteiger partial charge in [-0.1, -0.05) is 13.8 Å². The van der Waals surface area contributed by atoms with Crippen LogP contribution in [0.4, 0.5) is 0 Å². The molecule has 1 atom stereocenters. The Kier molecular flexibility index (Phi) is 15.3. The van der Waals surface area contributed by atoms with E-state index in [1.807, 2.05) is 0 Å². The zero-order chi connectivity index (χ0) is 20.0. The van der Waals surface area contributed by atoms with Crippen molar-refractivity contribution in [1.82, 2.24) is 15.5 Å². The highest BCUT2D eigenvalue weighted by molar-refractivity contribution is 14.0. The third kappa shape index (κ3) is 12.3. The van der Waals surface area contributed by atoms with Gasteiger partial charge in [0.2, 0.25) is 0 Å². The molecule has 7 nitrogen and oxygen atoms in total. The van der Waals surface area contributed by atoms with E-state index in [2.05, 4.69) is 36.3 Å². The summed E-state index contributed by atoms with van der Waals surface area (Å²) in [4.78, 5) is 7.22. The highest BCUT2D eigenvalue weighted by Crippen LogP contribution is 2.14. The molecule has 0 radical (unpaired) electrons. The third-order valence-corrected chi connectivity index (χ3v) is 5.10. The quantitative estimate of drug-likeness (QED) is 0.187. The lowest BCUT2D eigenvalue weighted by molar-refractivity contribution is -0.0261. The number of morpholine rings is 1. The van der Waals surface area contributed by atoms with E-state index in [0.717, 1.165) is 91.0 Å². The van der Waals surface area contributed by atoms with Crippen LogP contribution in [0, 0.1) is 11.8 Å². The topological polar surface area (TPSA) is 67.4 Å². The highest BCUT2D eigenvalue weighted by atomic mass is 127. The first-order valence-electron chi connectivity index (χ1n) is 11.2. The van der Waals surface area contributed by atoms with Gasteiger partial charge in [-0.2, -0.15) is 0 Å². The van der Waals surface area contributed by atoms with Crippen molar-refractivity contribution in [2.24, 2.45) is 16.8 Å². The molecule has 0 bridgehead atoms. The molecule has 2 aliphatic rings. The number of nitrogens with one attached hydrogen (secondary N) is 2. The molecule has 29 heavy (non-hydrogen) atoms. The predicted octanol–water partition coefficient (Wildman–Crippen LogP) is 2.35. The Morgan fingerprint density at radius 2 is 2.00 bits per heavy atom. The summed E-state index contributed by atoms with van der Waals surface area (Å²) in [5.74, 6) is 2.23. The molecule has 0 aliphatic carbocycles. The fourth-order valence-corrected chi connectivity index (χ4v) is 3.65. The lowest BCUT2D eigenvalue weighted by Gasteiger charge is -2.33. The minimum atomic E-state index is 0. The van der Waals surface area contributed by atoms with Crippen LogP contribution in [0.15, 0.2) is 4.99 Å². The molecule has 172 valence electrons. The van der Waals surface area contributed by atoms with Crippen molar-refractivity contribution in [3.8, 4) is 0 Å². The summed E-state index contributed by atoms with van der Waals surface area (Å²) < 4.78 is 17.1. The second-order valence-electron chi connectivity index (χ2n) is 8.28. The molecule has 0 amide bonds. The molecule has 0 aromatic carbocycles. The highest BCUT2D eigenvalue weighted by Gasteiger charge is 2.20. The normalized spacial score (nSPS) is 21.8. The van der Waals surface area contributed by atoms with Gasteiger partial charge in [-0.3, -0.25) is 9.89 Å². The lowest BCUT2D eigenvalue weighted by atomic mass is 10.0. The number of nitrogens with zero attached hydrogens (tertiary/aromatic N) is 2. The van der Waals surface area contributed by atoms with E-state index < -0.39 is 0 Å². The van der Waals surface area contributed by atoms with Gasteiger partial charge >= 0.3 is 0 Å². The zero-order valence-corrected chi connectivity index (χ0v) is 21.0. The second kappa shape index (κ2) is 16.5. The molecule has 1 unspecified atom stereocenters. The molecule has 0 spiro atoms. The molecule has 0 aromatic heterocycles.